The molecular weight excluding hydrogens is 334 g/mol. The summed E-state index contributed by atoms with van der Waals surface area (Å²) in [5.74, 6) is 0.956. The van der Waals surface area contributed by atoms with Gasteiger partial charge < -0.3 is 5.32 Å². The van der Waals surface area contributed by atoms with Gasteiger partial charge in [0.1, 0.15) is 0 Å². The Morgan fingerprint density at radius 3 is 2.55 bits per heavy atom. The zero-order chi connectivity index (χ0) is 15.9. The van der Waals surface area contributed by atoms with Gasteiger partial charge in [-0.3, -0.25) is 4.79 Å². The van der Waals surface area contributed by atoms with Crippen LogP contribution in [0.2, 0.25) is 0 Å². The molecule has 1 heterocycles. The number of hydrogen-bond donors (Lipinski definition) is 1. The first-order valence-corrected chi connectivity index (χ1v) is 9.83. The molecule has 1 amide bonds. The molecule has 0 aliphatic heterocycles. The second kappa shape index (κ2) is 8.55. The topological polar surface area (TPSA) is 54.9 Å². The molecule has 118 valence electrons. The third-order valence-electron chi connectivity index (χ3n) is 2.93. The van der Waals surface area contributed by atoms with E-state index in [9.17, 15) is 4.79 Å². The Hall–Kier alpha value is -1.05. The molecule has 0 saturated carbocycles. The molecule has 0 fully saturated rings. The lowest BCUT2D eigenvalue weighted by Gasteiger charge is -2.10. The maximum atomic E-state index is 12.2. The smallest absolute Gasteiger partial charge is 0.237 e. The van der Waals surface area contributed by atoms with Crippen LogP contribution in [-0.4, -0.2) is 27.1 Å². The van der Waals surface area contributed by atoms with Gasteiger partial charge in [0.15, 0.2) is 8.68 Å². The van der Waals surface area contributed by atoms with E-state index in [0.29, 0.717) is 0 Å². The van der Waals surface area contributed by atoms with E-state index in [-0.39, 0.29) is 11.2 Å². The number of thioether (sulfide) groups is 2. The molecule has 7 heteroatoms. The fourth-order valence-electron chi connectivity index (χ4n) is 1.70. The number of carbonyl (C=O) groups excluding carboxylic acids is 1. The minimum absolute atomic E-state index is 0.0193. The predicted octanol–water partition coefficient (Wildman–Crippen LogP) is 4.33. The van der Waals surface area contributed by atoms with Crippen molar-refractivity contribution in [1.82, 2.24) is 10.2 Å². The maximum absolute atomic E-state index is 12.2. The zero-order valence-corrected chi connectivity index (χ0v) is 15.3. The summed E-state index contributed by atoms with van der Waals surface area (Å²) in [6, 6.07) is 7.95. The monoisotopic (exact) mass is 353 g/mol. The molecule has 2 rings (SSSR count). The molecule has 0 aliphatic carbocycles. The van der Waals surface area contributed by atoms with Gasteiger partial charge in [0.25, 0.3) is 0 Å². The van der Waals surface area contributed by atoms with Crippen LogP contribution < -0.4 is 5.32 Å². The van der Waals surface area contributed by atoms with E-state index in [1.54, 1.807) is 11.8 Å². The van der Waals surface area contributed by atoms with Gasteiger partial charge in [0, 0.05) is 5.69 Å². The number of rotatable bonds is 7. The van der Waals surface area contributed by atoms with E-state index in [1.165, 1.54) is 28.7 Å². The fourth-order valence-corrected chi connectivity index (χ4v) is 4.76. The van der Waals surface area contributed by atoms with Gasteiger partial charge in [-0.1, -0.05) is 60.8 Å². The summed E-state index contributed by atoms with van der Waals surface area (Å²) in [5.41, 5.74) is 2.09. The number of nitrogens with zero attached hydrogens (tertiary/aromatic N) is 2. The summed E-state index contributed by atoms with van der Waals surface area (Å²) in [5, 5.41) is 10.9. The van der Waals surface area contributed by atoms with Crippen molar-refractivity contribution in [3.8, 4) is 0 Å². The predicted molar refractivity (Wildman–Crippen MR) is 96.1 cm³/mol. The molecule has 1 aromatic heterocycles. The largest absolute Gasteiger partial charge is 0.325 e. The first-order valence-electron chi connectivity index (χ1n) is 7.15. The third-order valence-corrected chi connectivity index (χ3v) is 6.06. The van der Waals surface area contributed by atoms with Crippen LogP contribution in [0.3, 0.4) is 0 Å². The number of nitrogens with one attached hydrogen (secondary N) is 1. The zero-order valence-electron chi connectivity index (χ0n) is 12.8. The molecular formula is C15H19N3OS3. The summed E-state index contributed by atoms with van der Waals surface area (Å²) in [4.78, 5) is 12.2. The van der Waals surface area contributed by atoms with Gasteiger partial charge in [0.2, 0.25) is 5.91 Å². The quantitative estimate of drug-likeness (QED) is 0.751. The van der Waals surface area contributed by atoms with Gasteiger partial charge in [-0.25, -0.2) is 0 Å². The lowest BCUT2D eigenvalue weighted by Crippen LogP contribution is -2.22. The fraction of sp³-hybridized carbons (Fsp3) is 0.400. The van der Waals surface area contributed by atoms with Gasteiger partial charge in [-0.05, 0) is 36.8 Å². The van der Waals surface area contributed by atoms with Crippen molar-refractivity contribution >= 4 is 46.5 Å². The van der Waals surface area contributed by atoms with E-state index in [2.05, 4.69) is 29.4 Å². The first-order chi connectivity index (χ1) is 10.6. The van der Waals surface area contributed by atoms with Crippen LogP contribution in [0.25, 0.3) is 0 Å². The van der Waals surface area contributed by atoms with Crippen molar-refractivity contribution in [2.45, 2.75) is 41.1 Å². The Morgan fingerprint density at radius 2 is 1.91 bits per heavy atom. The second-order valence-corrected chi connectivity index (χ2v) is 8.64. The summed E-state index contributed by atoms with van der Waals surface area (Å²) in [7, 11) is 0. The molecule has 1 atom stereocenters. The average Bonchev–Trinajstić information content (AvgIpc) is 2.95. The molecule has 0 aliphatic rings. The number of anilines is 1. The van der Waals surface area contributed by atoms with E-state index in [1.807, 2.05) is 31.2 Å². The SMILES string of the molecule is CCSc1nnc(S[C@H](C)C(=O)Nc2ccc(CC)cc2)s1. The van der Waals surface area contributed by atoms with Crippen LogP contribution in [0, 0.1) is 0 Å². The highest BCUT2D eigenvalue weighted by atomic mass is 32.2. The lowest BCUT2D eigenvalue weighted by molar-refractivity contribution is -0.115. The van der Waals surface area contributed by atoms with E-state index in [4.69, 9.17) is 0 Å². The van der Waals surface area contributed by atoms with Crippen LogP contribution in [0.5, 0.6) is 0 Å². The molecule has 0 saturated heterocycles. The average molecular weight is 354 g/mol. The number of aromatic nitrogens is 2. The molecule has 2 aromatic rings. The van der Waals surface area contributed by atoms with Crippen molar-refractivity contribution in [3.63, 3.8) is 0 Å². The van der Waals surface area contributed by atoms with Crippen LogP contribution in [0.1, 0.15) is 26.3 Å². The molecule has 0 spiro atoms. The number of benzene rings is 1. The van der Waals surface area contributed by atoms with E-state index >= 15 is 0 Å². The van der Waals surface area contributed by atoms with Crippen LogP contribution >= 0.6 is 34.9 Å². The Morgan fingerprint density at radius 1 is 1.23 bits per heavy atom. The summed E-state index contributed by atoms with van der Waals surface area (Å²) in [6.45, 7) is 6.08. The van der Waals surface area contributed by atoms with Gasteiger partial charge in [0.05, 0.1) is 5.25 Å². The minimum atomic E-state index is -0.210. The van der Waals surface area contributed by atoms with Crippen molar-refractivity contribution in [1.29, 1.82) is 0 Å². The summed E-state index contributed by atoms with van der Waals surface area (Å²) < 4.78 is 1.78. The van der Waals surface area contributed by atoms with Crippen LogP contribution in [-0.2, 0) is 11.2 Å². The second-order valence-electron chi connectivity index (χ2n) is 4.57. The molecule has 0 bridgehead atoms. The van der Waals surface area contributed by atoms with E-state index < -0.39 is 0 Å². The number of amides is 1. The van der Waals surface area contributed by atoms with Gasteiger partial charge in [-0.15, -0.1) is 10.2 Å². The Balaban J connectivity index is 1.90. The number of carbonyl (C=O) groups is 1. The molecule has 0 radical (unpaired) electrons. The Kier molecular flexibility index (Phi) is 6.72. The van der Waals surface area contributed by atoms with Crippen molar-refractivity contribution < 1.29 is 4.79 Å². The Labute approximate surface area is 143 Å². The highest BCUT2D eigenvalue weighted by Gasteiger charge is 2.17. The van der Waals surface area contributed by atoms with Crippen molar-refractivity contribution in [2.24, 2.45) is 0 Å². The van der Waals surface area contributed by atoms with Crippen LogP contribution in [0.15, 0.2) is 32.9 Å². The summed E-state index contributed by atoms with van der Waals surface area (Å²) >= 11 is 4.65. The van der Waals surface area contributed by atoms with Gasteiger partial charge >= 0.3 is 0 Å². The number of aryl methyl sites for hydroxylation is 1. The molecule has 1 aromatic carbocycles. The minimum Gasteiger partial charge on any atom is -0.325 e. The molecule has 1 N–H and O–H groups in total. The normalized spacial score (nSPS) is 12.1. The maximum Gasteiger partial charge on any atom is 0.237 e. The summed E-state index contributed by atoms with van der Waals surface area (Å²) in [6.07, 6.45) is 0.996. The van der Waals surface area contributed by atoms with Crippen LogP contribution in [0.4, 0.5) is 5.69 Å². The van der Waals surface area contributed by atoms with Crippen molar-refractivity contribution in [2.75, 3.05) is 11.1 Å². The van der Waals surface area contributed by atoms with Gasteiger partial charge in [-0.2, -0.15) is 0 Å². The van der Waals surface area contributed by atoms with Crippen molar-refractivity contribution in [3.05, 3.63) is 29.8 Å². The Bertz CT molecular complexity index is 613. The first kappa shape index (κ1) is 17.3. The van der Waals surface area contributed by atoms with E-state index in [0.717, 1.165) is 26.5 Å². The number of hydrogen-bond acceptors (Lipinski definition) is 6. The molecule has 0 unspecified atom stereocenters. The highest BCUT2D eigenvalue weighted by molar-refractivity contribution is 8.03. The highest BCUT2D eigenvalue weighted by Crippen LogP contribution is 2.31. The lowest BCUT2D eigenvalue weighted by atomic mass is 10.1. The standard InChI is InChI=1S/C15H19N3OS3/c1-4-11-6-8-12(9-7-11)16-13(19)10(3)21-15-18-17-14(22-15)20-5-2/h6-10H,4-5H2,1-3H3,(H,16,19)/t10-/m1/s1. The molecule has 22 heavy (non-hydrogen) atoms. The molecule has 4 nitrogen and oxygen atoms in total. The third kappa shape index (κ3) is 5.00.